The van der Waals surface area contributed by atoms with Gasteiger partial charge in [-0.05, 0) is 24.1 Å². The van der Waals surface area contributed by atoms with Gasteiger partial charge < -0.3 is 15.2 Å². The van der Waals surface area contributed by atoms with E-state index in [1.54, 1.807) is 6.20 Å². The summed E-state index contributed by atoms with van der Waals surface area (Å²) >= 11 is 0. The van der Waals surface area contributed by atoms with E-state index >= 15 is 0 Å². The van der Waals surface area contributed by atoms with E-state index in [4.69, 9.17) is 15.2 Å². The number of methoxy groups -OCH3 is 1. The van der Waals surface area contributed by atoms with Crippen LogP contribution < -0.4 is 15.2 Å². The maximum atomic E-state index is 13.8. The maximum absolute atomic E-state index is 13.8. The Kier molecular flexibility index (Phi) is 3.28. The highest BCUT2D eigenvalue weighted by Gasteiger charge is 2.20. The van der Waals surface area contributed by atoms with Crippen LogP contribution in [0.3, 0.4) is 0 Å². The summed E-state index contributed by atoms with van der Waals surface area (Å²) in [5.74, 6) is 0.315. The highest BCUT2D eigenvalue weighted by molar-refractivity contribution is 5.70. The molecule has 104 valence electrons. The molecule has 4 nitrogen and oxygen atoms in total. The summed E-state index contributed by atoms with van der Waals surface area (Å²) < 4.78 is 24.2. The highest BCUT2D eigenvalue weighted by Crippen LogP contribution is 2.34. The molecule has 2 aromatic rings. The molecule has 0 bridgehead atoms. The number of halogens is 1. The number of hydrogen-bond donors (Lipinski definition) is 1. The van der Waals surface area contributed by atoms with Crippen LogP contribution >= 0.6 is 0 Å². The zero-order chi connectivity index (χ0) is 14.1. The fourth-order valence-corrected chi connectivity index (χ4v) is 2.42. The standard InChI is InChI=1S/C15H15FN2O2/c1-19-15-13(16)5-9(7-18-15)11-3-2-4-14-12(11)6-10(17)8-20-14/h2-5,7,10H,6,8,17H2,1H3/t10-/m0/s1. The summed E-state index contributed by atoms with van der Waals surface area (Å²) in [5.41, 5.74) is 8.52. The SMILES string of the molecule is COc1ncc(-c2cccc3c2C[C@H](N)CO3)cc1F. The van der Waals surface area contributed by atoms with Crippen LogP contribution in [0.15, 0.2) is 30.5 Å². The average molecular weight is 274 g/mol. The normalized spacial score (nSPS) is 17.2. The molecule has 0 saturated carbocycles. The lowest BCUT2D eigenvalue weighted by atomic mass is 9.94. The van der Waals surface area contributed by atoms with Gasteiger partial charge >= 0.3 is 0 Å². The van der Waals surface area contributed by atoms with Gasteiger partial charge in [-0.3, -0.25) is 0 Å². The summed E-state index contributed by atoms with van der Waals surface area (Å²) in [6, 6.07) is 7.08. The molecule has 0 amide bonds. The number of nitrogens with zero attached hydrogens (tertiary/aromatic N) is 1. The van der Waals surface area contributed by atoms with E-state index in [1.807, 2.05) is 18.2 Å². The Morgan fingerprint density at radius 3 is 3.05 bits per heavy atom. The number of pyridine rings is 1. The number of rotatable bonds is 2. The van der Waals surface area contributed by atoms with Crippen molar-refractivity contribution in [3.8, 4) is 22.8 Å². The Bertz CT molecular complexity index is 646. The fourth-order valence-electron chi connectivity index (χ4n) is 2.42. The molecule has 2 N–H and O–H groups in total. The monoisotopic (exact) mass is 274 g/mol. The number of benzene rings is 1. The summed E-state index contributed by atoms with van der Waals surface area (Å²) in [5, 5.41) is 0. The number of aromatic nitrogens is 1. The van der Waals surface area contributed by atoms with Crippen LogP contribution in [-0.4, -0.2) is 24.7 Å². The third-order valence-electron chi connectivity index (χ3n) is 3.36. The topological polar surface area (TPSA) is 57.4 Å². The second-order valence-electron chi connectivity index (χ2n) is 4.77. The molecule has 0 spiro atoms. The molecule has 0 saturated heterocycles. The lowest BCUT2D eigenvalue weighted by Crippen LogP contribution is -2.34. The van der Waals surface area contributed by atoms with E-state index in [1.165, 1.54) is 13.2 Å². The minimum atomic E-state index is -0.483. The van der Waals surface area contributed by atoms with E-state index in [0.29, 0.717) is 18.6 Å². The first-order chi connectivity index (χ1) is 9.69. The predicted molar refractivity (Wildman–Crippen MR) is 73.4 cm³/mol. The molecule has 0 unspecified atom stereocenters. The molecule has 1 aromatic carbocycles. The smallest absolute Gasteiger partial charge is 0.250 e. The van der Waals surface area contributed by atoms with E-state index in [2.05, 4.69) is 4.98 Å². The zero-order valence-corrected chi connectivity index (χ0v) is 11.1. The molecule has 0 fully saturated rings. The predicted octanol–water partition coefficient (Wildman–Crippen LogP) is 2.16. The Labute approximate surface area is 116 Å². The summed E-state index contributed by atoms with van der Waals surface area (Å²) in [6.07, 6.45) is 2.30. The van der Waals surface area contributed by atoms with Crippen LogP contribution in [0.5, 0.6) is 11.6 Å². The molecule has 1 aliphatic rings. The van der Waals surface area contributed by atoms with Gasteiger partial charge in [-0.25, -0.2) is 9.37 Å². The van der Waals surface area contributed by atoms with Gasteiger partial charge in [-0.1, -0.05) is 12.1 Å². The van der Waals surface area contributed by atoms with Gasteiger partial charge in [-0.15, -0.1) is 0 Å². The Morgan fingerprint density at radius 2 is 2.30 bits per heavy atom. The van der Waals surface area contributed by atoms with Gasteiger partial charge in [0.1, 0.15) is 12.4 Å². The maximum Gasteiger partial charge on any atom is 0.250 e. The molecular formula is C15H15FN2O2. The van der Waals surface area contributed by atoms with Gasteiger partial charge in [0.25, 0.3) is 0 Å². The molecule has 0 radical (unpaired) electrons. The summed E-state index contributed by atoms with van der Waals surface area (Å²) in [6.45, 7) is 0.506. The van der Waals surface area contributed by atoms with Crippen LogP contribution in [-0.2, 0) is 6.42 Å². The molecule has 1 aromatic heterocycles. The van der Waals surface area contributed by atoms with E-state index in [0.717, 1.165) is 16.9 Å². The van der Waals surface area contributed by atoms with E-state index in [-0.39, 0.29) is 11.9 Å². The first kappa shape index (κ1) is 12.9. The lowest BCUT2D eigenvalue weighted by Gasteiger charge is -2.24. The van der Waals surface area contributed by atoms with Crippen molar-refractivity contribution in [1.82, 2.24) is 4.98 Å². The van der Waals surface area contributed by atoms with E-state index < -0.39 is 5.82 Å². The number of hydrogen-bond acceptors (Lipinski definition) is 4. The largest absolute Gasteiger partial charge is 0.492 e. The zero-order valence-electron chi connectivity index (χ0n) is 11.1. The first-order valence-electron chi connectivity index (χ1n) is 6.39. The quantitative estimate of drug-likeness (QED) is 0.911. The Hall–Kier alpha value is -2.14. The molecule has 5 heteroatoms. The van der Waals surface area contributed by atoms with Gasteiger partial charge in [0.15, 0.2) is 5.82 Å². The van der Waals surface area contributed by atoms with Crippen molar-refractivity contribution in [2.75, 3.05) is 13.7 Å². The van der Waals surface area contributed by atoms with Crippen molar-refractivity contribution in [2.24, 2.45) is 5.73 Å². The van der Waals surface area contributed by atoms with E-state index in [9.17, 15) is 4.39 Å². The van der Waals surface area contributed by atoms with Crippen LogP contribution in [0.2, 0.25) is 0 Å². The molecule has 2 heterocycles. The molecule has 20 heavy (non-hydrogen) atoms. The highest BCUT2D eigenvalue weighted by atomic mass is 19.1. The van der Waals surface area contributed by atoms with Crippen molar-refractivity contribution in [2.45, 2.75) is 12.5 Å². The van der Waals surface area contributed by atoms with Crippen molar-refractivity contribution in [1.29, 1.82) is 0 Å². The van der Waals surface area contributed by atoms with Crippen LogP contribution in [0.25, 0.3) is 11.1 Å². The number of ether oxygens (including phenoxy) is 2. The van der Waals surface area contributed by atoms with Crippen molar-refractivity contribution in [3.63, 3.8) is 0 Å². The van der Waals surface area contributed by atoms with Gasteiger partial charge in [0.2, 0.25) is 5.88 Å². The fraction of sp³-hybridized carbons (Fsp3) is 0.267. The third kappa shape index (κ3) is 2.20. The number of fused-ring (bicyclic) bond motifs is 1. The molecule has 0 aliphatic carbocycles. The lowest BCUT2D eigenvalue weighted by molar-refractivity contribution is 0.264. The number of nitrogens with two attached hydrogens (primary N) is 1. The molecule has 1 aliphatic heterocycles. The van der Waals surface area contributed by atoms with Crippen molar-refractivity contribution >= 4 is 0 Å². The second-order valence-corrected chi connectivity index (χ2v) is 4.77. The Morgan fingerprint density at radius 1 is 1.45 bits per heavy atom. The average Bonchev–Trinajstić information content (AvgIpc) is 2.46. The minimum absolute atomic E-state index is 0.00787. The van der Waals surface area contributed by atoms with Gasteiger partial charge in [0, 0.05) is 23.4 Å². The second kappa shape index (κ2) is 5.09. The van der Waals surface area contributed by atoms with Crippen LogP contribution in [0, 0.1) is 5.82 Å². The van der Waals surface area contributed by atoms with Crippen molar-refractivity contribution < 1.29 is 13.9 Å². The van der Waals surface area contributed by atoms with Gasteiger partial charge in [0.05, 0.1) is 7.11 Å². The summed E-state index contributed by atoms with van der Waals surface area (Å²) in [4.78, 5) is 3.97. The van der Waals surface area contributed by atoms with Crippen LogP contribution in [0.4, 0.5) is 4.39 Å². The minimum Gasteiger partial charge on any atom is -0.492 e. The molecular weight excluding hydrogens is 259 g/mol. The summed E-state index contributed by atoms with van der Waals surface area (Å²) in [7, 11) is 1.39. The molecule has 1 atom stereocenters. The van der Waals surface area contributed by atoms with Crippen molar-refractivity contribution in [3.05, 3.63) is 41.8 Å². The molecule has 3 rings (SSSR count). The first-order valence-corrected chi connectivity index (χ1v) is 6.39. The Balaban J connectivity index is 2.08. The van der Waals surface area contributed by atoms with Gasteiger partial charge in [-0.2, -0.15) is 0 Å². The van der Waals surface area contributed by atoms with Crippen LogP contribution in [0.1, 0.15) is 5.56 Å². The third-order valence-corrected chi connectivity index (χ3v) is 3.36.